The van der Waals surface area contributed by atoms with Gasteiger partial charge in [0.05, 0.1) is 12.7 Å². The molecule has 25 heavy (non-hydrogen) atoms. The van der Waals surface area contributed by atoms with Gasteiger partial charge in [-0.05, 0) is 31.5 Å². The summed E-state index contributed by atoms with van der Waals surface area (Å²) in [6.45, 7) is 7.10. The number of halogens is 1. The quantitative estimate of drug-likeness (QED) is 0.863. The molecule has 1 fully saturated rings. The van der Waals surface area contributed by atoms with Crippen LogP contribution < -0.4 is 10.6 Å². The Labute approximate surface area is 152 Å². The van der Waals surface area contributed by atoms with E-state index in [1.54, 1.807) is 0 Å². The number of hydrogen-bond acceptors (Lipinski definition) is 6. The van der Waals surface area contributed by atoms with Crippen molar-refractivity contribution in [2.75, 3.05) is 18.5 Å². The van der Waals surface area contributed by atoms with Gasteiger partial charge in [0.2, 0.25) is 5.91 Å². The summed E-state index contributed by atoms with van der Waals surface area (Å²) >= 11 is 0. The van der Waals surface area contributed by atoms with Gasteiger partial charge in [-0.3, -0.25) is 4.79 Å². The standard InChI is InChI=1S/C17H22N4O3.ClH/c1-4-14-20-17(24-21-14)12-6-5-10(2)13(9-12)19-16(22)15-11(3)23-8-7-18-15;/h5-6,9,11,15,18H,4,7-8H2,1-3H3,(H,19,22);1H/t11-,15+;/m1./s1. The minimum atomic E-state index is -0.364. The molecule has 2 N–H and O–H groups in total. The number of ether oxygens (including phenoxy) is 1. The van der Waals surface area contributed by atoms with E-state index in [2.05, 4.69) is 20.8 Å². The van der Waals surface area contributed by atoms with E-state index < -0.39 is 0 Å². The first-order chi connectivity index (χ1) is 11.6. The zero-order valence-electron chi connectivity index (χ0n) is 14.5. The van der Waals surface area contributed by atoms with Gasteiger partial charge in [-0.1, -0.05) is 18.1 Å². The summed E-state index contributed by atoms with van der Waals surface area (Å²) in [6, 6.07) is 5.32. The Bertz CT molecular complexity index is 734. The topological polar surface area (TPSA) is 89.3 Å². The average Bonchev–Trinajstić information content (AvgIpc) is 3.06. The smallest absolute Gasteiger partial charge is 0.257 e. The Morgan fingerprint density at radius 1 is 1.44 bits per heavy atom. The van der Waals surface area contributed by atoms with Crippen LogP contribution in [-0.2, 0) is 16.0 Å². The van der Waals surface area contributed by atoms with Crippen LogP contribution in [0.1, 0.15) is 25.2 Å². The molecule has 0 aliphatic carbocycles. The molecule has 1 aromatic heterocycles. The highest BCUT2D eigenvalue weighted by atomic mass is 35.5. The zero-order valence-corrected chi connectivity index (χ0v) is 15.4. The van der Waals surface area contributed by atoms with E-state index in [0.29, 0.717) is 31.3 Å². The Morgan fingerprint density at radius 3 is 2.92 bits per heavy atom. The van der Waals surface area contributed by atoms with E-state index in [1.165, 1.54) is 0 Å². The highest BCUT2D eigenvalue weighted by Gasteiger charge is 2.28. The van der Waals surface area contributed by atoms with Crippen molar-refractivity contribution in [2.45, 2.75) is 39.3 Å². The van der Waals surface area contributed by atoms with Crippen LogP contribution in [0.25, 0.3) is 11.5 Å². The lowest BCUT2D eigenvalue weighted by Crippen LogP contribution is -2.53. The molecule has 1 saturated heterocycles. The zero-order chi connectivity index (χ0) is 17.1. The van der Waals surface area contributed by atoms with Crippen LogP contribution in [0.15, 0.2) is 22.7 Å². The second-order valence-corrected chi connectivity index (χ2v) is 5.90. The van der Waals surface area contributed by atoms with E-state index in [9.17, 15) is 4.79 Å². The molecule has 136 valence electrons. The van der Waals surface area contributed by atoms with Crippen LogP contribution in [0.2, 0.25) is 0 Å². The first-order valence-electron chi connectivity index (χ1n) is 8.18. The van der Waals surface area contributed by atoms with Crippen LogP contribution in [0.3, 0.4) is 0 Å². The molecule has 7 nitrogen and oxygen atoms in total. The molecular weight excluding hydrogens is 344 g/mol. The lowest BCUT2D eigenvalue weighted by molar-refractivity contribution is -0.123. The van der Waals surface area contributed by atoms with Crippen molar-refractivity contribution < 1.29 is 14.1 Å². The number of carbonyl (C=O) groups excluding carboxylic acids is 1. The van der Waals surface area contributed by atoms with Gasteiger partial charge in [0, 0.05) is 24.2 Å². The summed E-state index contributed by atoms with van der Waals surface area (Å²) in [5.41, 5.74) is 2.48. The van der Waals surface area contributed by atoms with Gasteiger partial charge in [0.1, 0.15) is 6.04 Å². The summed E-state index contributed by atoms with van der Waals surface area (Å²) in [7, 11) is 0. The number of nitrogens with one attached hydrogen (secondary N) is 2. The highest BCUT2D eigenvalue weighted by Crippen LogP contribution is 2.25. The number of hydrogen-bond donors (Lipinski definition) is 2. The van der Waals surface area contributed by atoms with Crippen molar-refractivity contribution in [3.63, 3.8) is 0 Å². The largest absolute Gasteiger partial charge is 0.375 e. The van der Waals surface area contributed by atoms with Crippen LogP contribution in [0.5, 0.6) is 0 Å². The predicted molar refractivity (Wildman–Crippen MR) is 96.9 cm³/mol. The first kappa shape index (κ1) is 19.4. The van der Waals surface area contributed by atoms with Crippen molar-refractivity contribution in [1.82, 2.24) is 15.5 Å². The summed E-state index contributed by atoms with van der Waals surface area (Å²) in [5.74, 6) is 1.01. The lowest BCUT2D eigenvalue weighted by Gasteiger charge is -2.29. The number of anilines is 1. The van der Waals surface area contributed by atoms with Gasteiger partial charge in [-0.2, -0.15) is 4.98 Å². The van der Waals surface area contributed by atoms with Crippen molar-refractivity contribution in [3.8, 4) is 11.5 Å². The van der Waals surface area contributed by atoms with Gasteiger partial charge < -0.3 is 19.9 Å². The Balaban J connectivity index is 0.00000225. The molecule has 0 unspecified atom stereocenters. The second kappa shape index (κ2) is 8.42. The van der Waals surface area contributed by atoms with Gasteiger partial charge in [0.25, 0.3) is 5.89 Å². The maximum Gasteiger partial charge on any atom is 0.257 e. The van der Waals surface area contributed by atoms with Gasteiger partial charge in [-0.25, -0.2) is 0 Å². The van der Waals surface area contributed by atoms with Crippen molar-refractivity contribution in [1.29, 1.82) is 0 Å². The van der Waals surface area contributed by atoms with E-state index in [-0.39, 0.29) is 30.5 Å². The van der Waals surface area contributed by atoms with E-state index >= 15 is 0 Å². The second-order valence-electron chi connectivity index (χ2n) is 5.90. The maximum absolute atomic E-state index is 12.5. The first-order valence-corrected chi connectivity index (χ1v) is 8.18. The number of rotatable bonds is 4. The molecule has 0 saturated carbocycles. The van der Waals surface area contributed by atoms with Gasteiger partial charge in [0.15, 0.2) is 5.82 Å². The third kappa shape index (κ3) is 4.36. The van der Waals surface area contributed by atoms with Crippen LogP contribution in [-0.4, -0.2) is 41.3 Å². The summed E-state index contributed by atoms with van der Waals surface area (Å²) in [5, 5.41) is 10.1. The van der Waals surface area contributed by atoms with Crippen molar-refractivity contribution in [2.24, 2.45) is 0 Å². The normalized spacial score (nSPS) is 20.0. The molecule has 1 aromatic carbocycles. The van der Waals surface area contributed by atoms with Crippen LogP contribution in [0, 0.1) is 6.92 Å². The molecule has 0 spiro atoms. The number of amides is 1. The third-order valence-electron chi connectivity index (χ3n) is 4.13. The summed E-state index contributed by atoms with van der Waals surface area (Å²) < 4.78 is 10.8. The molecule has 3 rings (SSSR count). The van der Waals surface area contributed by atoms with Gasteiger partial charge in [-0.15, -0.1) is 12.4 Å². The van der Waals surface area contributed by atoms with Crippen molar-refractivity contribution in [3.05, 3.63) is 29.6 Å². The SMILES string of the molecule is CCc1noc(-c2ccc(C)c(NC(=O)[C@H]3NCCO[C@@H]3C)c2)n1.Cl. The Kier molecular flexibility index (Phi) is 6.52. The van der Waals surface area contributed by atoms with Crippen LogP contribution >= 0.6 is 12.4 Å². The fourth-order valence-corrected chi connectivity index (χ4v) is 2.64. The van der Waals surface area contributed by atoms with E-state index in [1.807, 2.05) is 39.0 Å². The van der Waals surface area contributed by atoms with Crippen LogP contribution in [0.4, 0.5) is 5.69 Å². The van der Waals surface area contributed by atoms with E-state index in [0.717, 1.165) is 16.8 Å². The summed E-state index contributed by atoms with van der Waals surface area (Å²) in [4.78, 5) is 16.9. The van der Waals surface area contributed by atoms with Crippen molar-refractivity contribution >= 4 is 24.0 Å². The molecule has 1 amide bonds. The minimum absolute atomic E-state index is 0. The molecule has 2 heterocycles. The fraction of sp³-hybridized carbons (Fsp3) is 0.471. The molecular formula is C17H23ClN4O3. The Morgan fingerprint density at radius 2 is 2.24 bits per heavy atom. The van der Waals surface area contributed by atoms with E-state index in [4.69, 9.17) is 9.26 Å². The minimum Gasteiger partial charge on any atom is -0.375 e. The molecule has 2 aromatic rings. The van der Waals surface area contributed by atoms with Gasteiger partial charge >= 0.3 is 0 Å². The monoisotopic (exact) mass is 366 g/mol. The summed E-state index contributed by atoms with van der Waals surface area (Å²) in [6.07, 6.45) is 0.551. The predicted octanol–water partition coefficient (Wildman–Crippen LogP) is 2.34. The molecule has 0 bridgehead atoms. The third-order valence-corrected chi connectivity index (χ3v) is 4.13. The highest BCUT2D eigenvalue weighted by molar-refractivity contribution is 5.96. The number of benzene rings is 1. The molecule has 8 heteroatoms. The number of aromatic nitrogens is 2. The maximum atomic E-state index is 12.5. The number of nitrogens with zero attached hydrogens (tertiary/aromatic N) is 2. The Hall–Kier alpha value is -1.96. The number of aryl methyl sites for hydroxylation is 2. The number of morpholine rings is 1. The average molecular weight is 367 g/mol. The fourth-order valence-electron chi connectivity index (χ4n) is 2.64. The number of carbonyl (C=O) groups is 1. The molecule has 2 atom stereocenters. The molecule has 1 aliphatic rings. The molecule has 0 radical (unpaired) electrons. The molecule has 1 aliphatic heterocycles. The lowest BCUT2D eigenvalue weighted by atomic mass is 10.1.